The van der Waals surface area contributed by atoms with Crippen LogP contribution in [0.5, 0.6) is 0 Å². The van der Waals surface area contributed by atoms with Gasteiger partial charge in [0.15, 0.2) is 0 Å². The number of aryl methyl sites for hydroxylation is 3. The third-order valence-electron chi connectivity index (χ3n) is 3.92. The summed E-state index contributed by atoms with van der Waals surface area (Å²) in [6.45, 7) is 9.90. The summed E-state index contributed by atoms with van der Waals surface area (Å²) in [6, 6.07) is 4.45. The second-order valence-electron chi connectivity index (χ2n) is 5.67. The van der Waals surface area contributed by atoms with Crippen LogP contribution >= 0.6 is 0 Å². The molecule has 0 saturated carbocycles. The SMILES string of the molecule is CCCNCCCCCn1cnc2cc(C)c(C)cc21. The van der Waals surface area contributed by atoms with Gasteiger partial charge in [0.05, 0.1) is 17.4 Å². The molecule has 0 bridgehead atoms. The highest BCUT2D eigenvalue weighted by Gasteiger charge is 2.04. The van der Waals surface area contributed by atoms with E-state index in [0.29, 0.717) is 0 Å². The summed E-state index contributed by atoms with van der Waals surface area (Å²) in [7, 11) is 0. The van der Waals surface area contributed by atoms with Crippen molar-refractivity contribution in [2.45, 2.75) is 53.0 Å². The van der Waals surface area contributed by atoms with Crippen LogP contribution in [0.4, 0.5) is 0 Å². The van der Waals surface area contributed by atoms with Crippen molar-refractivity contribution >= 4 is 11.0 Å². The average Bonchev–Trinajstić information content (AvgIpc) is 2.81. The summed E-state index contributed by atoms with van der Waals surface area (Å²) in [5, 5.41) is 3.45. The lowest BCUT2D eigenvalue weighted by Gasteiger charge is -2.06. The summed E-state index contributed by atoms with van der Waals surface area (Å²) in [5.74, 6) is 0. The number of nitrogens with one attached hydrogen (secondary N) is 1. The quantitative estimate of drug-likeness (QED) is 0.741. The van der Waals surface area contributed by atoms with Crippen molar-refractivity contribution < 1.29 is 0 Å². The fourth-order valence-electron chi connectivity index (χ4n) is 2.50. The molecule has 20 heavy (non-hydrogen) atoms. The summed E-state index contributed by atoms with van der Waals surface area (Å²) < 4.78 is 2.29. The molecule has 0 aliphatic carbocycles. The van der Waals surface area contributed by atoms with Crippen LogP contribution in [-0.2, 0) is 6.54 Å². The minimum absolute atomic E-state index is 1.08. The Kier molecular flexibility index (Phi) is 5.60. The van der Waals surface area contributed by atoms with E-state index in [0.717, 1.165) is 25.2 Å². The fourth-order valence-corrected chi connectivity index (χ4v) is 2.50. The van der Waals surface area contributed by atoms with Crippen LogP contribution in [0.25, 0.3) is 11.0 Å². The van der Waals surface area contributed by atoms with Crippen molar-refractivity contribution in [2.75, 3.05) is 13.1 Å². The van der Waals surface area contributed by atoms with Crippen molar-refractivity contribution in [1.29, 1.82) is 0 Å². The van der Waals surface area contributed by atoms with Gasteiger partial charge in [-0.1, -0.05) is 13.3 Å². The largest absolute Gasteiger partial charge is 0.331 e. The zero-order valence-electron chi connectivity index (χ0n) is 13.1. The molecule has 0 aliphatic heterocycles. The lowest BCUT2D eigenvalue weighted by molar-refractivity contribution is 0.563. The van der Waals surface area contributed by atoms with Gasteiger partial charge in [-0.05, 0) is 69.5 Å². The van der Waals surface area contributed by atoms with Gasteiger partial charge >= 0.3 is 0 Å². The van der Waals surface area contributed by atoms with Crippen molar-refractivity contribution in [2.24, 2.45) is 0 Å². The van der Waals surface area contributed by atoms with Crippen molar-refractivity contribution in [3.8, 4) is 0 Å². The maximum Gasteiger partial charge on any atom is 0.0958 e. The minimum atomic E-state index is 1.08. The molecule has 0 amide bonds. The molecule has 0 fully saturated rings. The first-order valence-electron chi connectivity index (χ1n) is 7.85. The van der Waals surface area contributed by atoms with Gasteiger partial charge in [0.2, 0.25) is 0 Å². The molecule has 1 aromatic carbocycles. The molecule has 1 aromatic heterocycles. The second kappa shape index (κ2) is 7.44. The lowest BCUT2D eigenvalue weighted by atomic mass is 10.1. The maximum atomic E-state index is 4.51. The number of benzene rings is 1. The van der Waals surface area contributed by atoms with E-state index in [1.165, 1.54) is 42.3 Å². The Morgan fingerprint density at radius 1 is 1.05 bits per heavy atom. The molecule has 2 rings (SSSR count). The Morgan fingerprint density at radius 2 is 1.85 bits per heavy atom. The van der Waals surface area contributed by atoms with E-state index >= 15 is 0 Å². The van der Waals surface area contributed by atoms with E-state index in [9.17, 15) is 0 Å². The molecular weight excluding hydrogens is 246 g/mol. The van der Waals surface area contributed by atoms with Gasteiger partial charge in [0.25, 0.3) is 0 Å². The maximum absolute atomic E-state index is 4.51. The fraction of sp³-hybridized carbons (Fsp3) is 0.588. The van der Waals surface area contributed by atoms with Gasteiger partial charge in [-0.3, -0.25) is 0 Å². The van der Waals surface area contributed by atoms with E-state index in [1.807, 2.05) is 6.33 Å². The Morgan fingerprint density at radius 3 is 2.65 bits per heavy atom. The number of fused-ring (bicyclic) bond motifs is 1. The van der Waals surface area contributed by atoms with Crippen LogP contribution in [0.15, 0.2) is 18.5 Å². The van der Waals surface area contributed by atoms with Crippen LogP contribution in [0.1, 0.15) is 43.7 Å². The number of unbranched alkanes of at least 4 members (excludes halogenated alkanes) is 2. The molecule has 0 saturated heterocycles. The highest BCUT2D eigenvalue weighted by Crippen LogP contribution is 2.18. The molecule has 0 spiro atoms. The molecule has 3 nitrogen and oxygen atoms in total. The topological polar surface area (TPSA) is 29.9 Å². The molecule has 1 heterocycles. The highest BCUT2D eigenvalue weighted by atomic mass is 15.0. The number of hydrogen-bond acceptors (Lipinski definition) is 2. The third kappa shape index (κ3) is 3.83. The first-order chi connectivity index (χ1) is 9.72. The monoisotopic (exact) mass is 273 g/mol. The normalized spacial score (nSPS) is 11.3. The van der Waals surface area contributed by atoms with Gasteiger partial charge in [-0.25, -0.2) is 4.98 Å². The van der Waals surface area contributed by atoms with E-state index in [-0.39, 0.29) is 0 Å². The van der Waals surface area contributed by atoms with Crippen LogP contribution in [0.3, 0.4) is 0 Å². The summed E-state index contributed by atoms with van der Waals surface area (Å²) >= 11 is 0. The average molecular weight is 273 g/mol. The molecule has 0 atom stereocenters. The molecule has 1 N–H and O–H groups in total. The van der Waals surface area contributed by atoms with E-state index in [4.69, 9.17) is 0 Å². The Balaban J connectivity index is 1.83. The van der Waals surface area contributed by atoms with Crippen LogP contribution in [0.2, 0.25) is 0 Å². The van der Waals surface area contributed by atoms with Gasteiger partial charge in [-0.15, -0.1) is 0 Å². The molecule has 2 aromatic rings. The number of nitrogens with zero attached hydrogens (tertiary/aromatic N) is 2. The van der Waals surface area contributed by atoms with Crippen molar-refractivity contribution in [3.63, 3.8) is 0 Å². The summed E-state index contributed by atoms with van der Waals surface area (Å²) in [4.78, 5) is 4.51. The summed E-state index contributed by atoms with van der Waals surface area (Å²) in [6.07, 6.45) is 6.98. The zero-order valence-corrected chi connectivity index (χ0v) is 13.1. The van der Waals surface area contributed by atoms with Crippen LogP contribution in [0, 0.1) is 13.8 Å². The smallest absolute Gasteiger partial charge is 0.0958 e. The van der Waals surface area contributed by atoms with E-state index in [1.54, 1.807) is 0 Å². The number of aromatic nitrogens is 2. The molecule has 3 heteroatoms. The first-order valence-corrected chi connectivity index (χ1v) is 7.85. The Hall–Kier alpha value is -1.35. The van der Waals surface area contributed by atoms with Crippen LogP contribution in [-0.4, -0.2) is 22.6 Å². The Labute approximate surface area is 122 Å². The lowest BCUT2D eigenvalue weighted by Crippen LogP contribution is -2.15. The molecule has 0 aliphatic rings. The predicted octanol–water partition coefficient (Wildman–Crippen LogP) is 3.82. The predicted molar refractivity (Wildman–Crippen MR) is 86.2 cm³/mol. The summed E-state index contributed by atoms with van der Waals surface area (Å²) in [5.41, 5.74) is 5.07. The van der Waals surface area contributed by atoms with Crippen LogP contribution < -0.4 is 5.32 Å². The van der Waals surface area contributed by atoms with Crippen molar-refractivity contribution in [3.05, 3.63) is 29.6 Å². The molecule has 0 unspecified atom stereocenters. The Bertz CT molecular complexity index is 542. The van der Waals surface area contributed by atoms with E-state index < -0.39 is 0 Å². The first kappa shape index (κ1) is 15.0. The highest BCUT2D eigenvalue weighted by molar-refractivity contribution is 5.77. The van der Waals surface area contributed by atoms with Gasteiger partial charge in [0, 0.05) is 6.54 Å². The molecule has 110 valence electrons. The minimum Gasteiger partial charge on any atom is -0.331 e. The van der Waals surface area contributed by atoms with Crippen molar-refractivity contribution in [1.82, 2.24) is 14.9 Å². The second-order valence-corrected chi connectivity index (χ2v) is 5.67. The van der Waals surface area contributed by atoms with Gasteiger partial charge < -0.3 is 9.88 Å². The number of imidazole rings is 1. The standard InChI is InChI=1S/C17H27N3/c1-4-8-18-9-6-5-7-10-20-13-19-16-11-14(2)15(3)12-17(16)20/h11-13,18H,4-10H2,1-3H3. The zero-order chi connectivity index (χ0) is 14.4. The van der Waals surface area contributed by atoms with Gasteiger partial charge in [0.1, 0.15) is 0 Å². The molecular formula is C17H27N3. The third-order valence-corrected chi connectivity index (χ3v) is 3.92. The number of rotatable bonds is 8. The number of hydrogen-bond donors (Lipinski definition) is 1. The van der Waals surface area contributed by atoms with Gasteiger partial charge in [-0.2, -0.15) is 0 Å². The van der Waals surface area contributed by atoms with E-state index in [2.05, 4.69) is 47.8 Å². The molecule has 0 radical (unpaired) electrons.